The molecule has 2 aromatic carbocycles. The van der Waals surface area contributed by atoms with E-state index in [0.717, 1.165) is 0 Å². The van der Waals surface area contributed by atoms with Crippen LogP contribution in [0.1, 0.15) is 0 Å². The van der Waals surface area contributed by atoms with Crippen molar-refractivity contribution in [1.82, 2.24) is 0 Å². The van der Waals surface area contributed by atoms with Crippen LogP contribution >= 0.6 is 0 Å². The third kappa shape index (κ3) is 2.07. The lowest BCUT2D eigenvalue weighted by molar-refractivity contribution is 0.398. The van der Waals surface area contributed by atoms with Crippen LogP contribution in [0.2, 0.25) is 0 Å². The molecular weight excluding hydrogens is 296 g/mol. The molecule has 7 heteroatoms. The molecule has 0 saturated carbocycles. The van der Waals surface area contributed by atoms with Gasteiger partial charge in [-0.15, -0.1) is 0 Å². The molecule has 1 aromatic heterocycles. The van der Waals surface area contributed by atoms with E-state index in [1.807, 2.05) is 0 Å². The van der Waals surface area contributed by atoms with Crippen molar-refractivity contribution in [3.63, 3.8) is 0 Å². The first-order valence-corrected chi connectivity index (χ1v) is 7.37. The molecule has 3 aromatic rings. The SMILES string of the molecule is COc1ccc2oc3ccccc3c(=O)c2c1S(=O)(=O)O. The van der Waals surface area contributed by atoms with Crippen molar-refractivity contribution in [2.75, 3.05) is 7.11 Å². The highest BCUT2D eigenvalue weighted by atomic mass is 32.2. The third-order valence-corrected chi connectivity index (χ3v) is 4.06. The van der Waals surface area contributed by atoms with Crippen LogP contribution < -0.4 is 10.2 Å². The standard InChI is InChI=1S/C14H10O6S/c1-19-11-7-6-10-12(14(11)21(16,17)18)13(15)8-4-2-3-5-9(8)20-10/h2-7H,1H3,(H,16,17,18). The second-order valence-corrected chi connectivity index (χ2v) is 5.73. The molecule has 21 heavy (non-hydrogen) atoms. The number of rotatable bonds is 2. The van der Waals surface area contributed by atoms with Gasteiger partial charge < -0.3 is 9.15 Å². The Morgan fingerprint density at radius 3 is 2.48 bits per heavy atom. The molecule has 6 nitrogen and oxygen atoms in total. The molecule has 1 N–H and O–H groups in total. The maximum atomic E-state index is 12.5. The lowest BCUT2D eigenvalue weighted by Gasteiger charge is -2.09. The molecule has 0 fully saturated rings. The first-order chi connectivity index (χ1) is 9.93. The summed E-state index contributed by atoms with van der Waals surface area (Å²) in [5.74, 6) is -0.118. The second-order valence-electron chi connectivity index (χ2n) is 4.37. The maximum Gasteiger partial charge on any atom is 0.299 e. The van der Waals surface area contributed by atoms with Gasteiger partial charge in [0.1, 0.15) is 16.9 Å². The molecule has 0 bridgehead atoms. The third-order valence-electron chi connectivity index (χ3n) is 3.14. The van der Waals surface area contributed by atoms with Crippen molar-refractivity contribution in [3.05, 3.63) is 46.6 Å². The van der Waals surface area contributed by atoms with E-state index in [-0.39, 0.29) is 22.1 Å². The van der Waals surface area contributed by atoms with Gasteiger partial charge in [0.05, 0.1) is 17.9 Å². The van der Waals surface area contributed by atoms with Crippen LogP contribution in [0.3, 0.4) is 0 Å². The van der Waals surface area contributed by atoms with Gasteiger partial charge in [0.25, 0.3) is 10.1 Å². The van der Waals surface area contributed by atoms with E-state index in [4.69, 9.17) is 9.15 Å². The van der Waals surface area contributed by atoms with Crippen molar-refractivity contribution in [2.45, 2.75) is 4.90 Å². The number of hydrogen-bond donors (Lipinski definition) is 1. The van der Waals surface area contributed by atoms with Crippen LogP contribution in [0.5, 0.6) is 5.75 Å². The number of para-hydroxylation sites is 1. The Morgan fingerprint density at radius 2 is 1.81 bits per heavy atom. The Balaban J connectivity index is 2.65. The van der Waals surface area contributed by atoms with Crippen LogP contribution in [-0.4, -0.2) is 20.1 Å². The monoisotopic (exact) mass is 306 g/mol. The van der Waals surface area contributed by atoms with Crippen LogP contribution in [-0.2, 0) is 10.1 Å². The van der Waals surface area contributed by atoms with Gasteiger partial charge in [-0.1, -0.05) is 12.1 Å². The molecule has 0 radical (unpaired) electrons. The average molecular weight is 306 g/mol. The average Bonchev–Trinajstić information content (AvgIpc) is 2.45. The predicted molar refractivity (Wildman–Crippen MR) is 76.4 cm³/mol. The largest absolute Gasteiger partial charge is 0.495 e. The van der Waals surface area contributed by atoms with Crippen molar-refractivity contribution >= 4 is 32.1 Å². The van der Waals surface area contributed by atoms with Gasteiger partial charge in [0.2, 0.25) is 5.43 Å². The minimum atomic E-state index is -4.65. The van der Waals surface area contributed by atoms with Gasteiger partial charge in [0, 0.05) is 0 Å². The maximum absolute atomic E-state index is 12.5. The number of ether oxygens (including phenoxy) is 1. The summed E-state index contributed by atoms with van der Waals surface area (Å²) in [6.45, 7) is 0. The van der Waals surface area contributed by atoms with E-state index in [1.165, 1.54) is 25.3 Å². The first kappa shape index (κ1) is 13.6. The summed E-state index contributed by atoms with van der Waals surface area (Å²) < 4.78 is 43.1. The van der Waals surface area contributed by atoms with Crippen molar-refractivity contribution in [1.29, 1.82) is 0 Å². The second kappa shape index (κ2) is 4.57. The van der Waals surface area contributed by atoms with E-state index >= 15 is 0 Å². The van der Waals surface area contributed by atoms with E-state index in [2.05, 4.69) is 0 Å². The van der Waals surface area contributed by atoms with Crippen molar-refractivity contribution in [3.8, 4) is 5.75 Å². The van der Waals surface area contributed by atoms with Gasteiger partial charge in [-0.3, -0.25) is 9.35 Å². The fourth-order valence-corrected chi connectivity index (χ4v) is 3.12. The molecule has 0 aliphatic carbocycles. The van der Waals surface area contributed by atoms with Gasteiger partial charge in [-0.2, -0.15) is 8.42 Å². The molecule has 0 amide bonds. The summed E-state index contributed by atoms with van der Waals surface area (Å²) in [6, 6.07) is 9.21. The molecule has 3 rings (SSSR count). The Labute approximate surface area is 119 Å². The quantitative estimate of drug-likeness (QED) is 0.576. The first-order valence-electron chi connectivity index (χ1n) is 5.93. The molecule has 0 saturated heterocycles. The van der Waals surface area contributed by atoms with Gasteiger partial charge in [-0.05, 0) is 24.3 Å². The number of hydrogen-bond acceptors (Lipinski definition) is 5. The summed E-state index contributed by atoms with van der Waals surface area (Å²) in [4.78, 5) is 12.0. The summed E-state index contributed by atoms with van der Waals surface area (Å²) >= 11 is 0. The predicted octanol–water partition coefficient (Wildman–Crippen LogP) is 2.20. The summed E-state index contributed by atoms with van der Waals surface area (Å²) in [5.41, 5.74) is -0.146. The molecule has 0 spiro atoms. The number of fused-ring (bicyclic) bond motifs is 2. The highest BCUT2D eigenvalue weighted by Gasteiger charge is 2.24. The molecular formula is C14H10O6S. The smallest absolute Gasteiger partial charge is 0.299 e. The molecule has 0 aliphatic heterocycles. The zero-order valence-electron chi connectivity index (χ0n) is 10.9. The van der Waals surface area contributed by atoms with Gasteiger partial charge in [-0.25, -0.2) is 0 Å². The van der Waals surface area contributed by atoms with E-state index < -0.39 is 20.4 Å². The topological polar surface area (TPSA) is 93.8 Å². The Bertz CT molecular complexity index is 1020. The van der Waals surface area contributed by atoms with E-state index in [9.17, 15) is 17.8 Å². The van der Waals surface area contributed by atoms with Gasteiger partial charge in [0.15, 0.2) is 4.90 Å². The zero-order valence-corrected chi connectivity index (χ0v) is 11.7. The fourth-order valence-electron chi connectivity index (χ4n) is 2.26. The fraction of sp³-hybridized carbons (Fsp3) is 0.0714. The normalized spacial score (nSPS) is 11.9. The number of benzene rings is 2. The van der Waals surface area contributed by atoms with Crippen LogP contribution in [0.25, 0.3) is 21.9 Å². The highest BCUT2D eigenvalue weighted by Crippen LogP contribution is 2.31. The Hall–Kier alpha value is -2.38. The number of methoxy groups -OCH3 is 1. The van der Waals surface area contributed by atoms with Crippen LogP contribution in [0, 0.1) is 0 Å². The molecule has 1 heterocycles. The lowest BCUT2D eigenvalue weighted by atomic mass is 10.1. The minimum Gasteiger partial charge on any atom is -0.495 e. The molecule has 0 unspecified atom stereocenters. The van der Waals surface area contributed by atoms with Crippen LogP contribution in [0.15, 0.2) is 50.5 Å². The summed E-state index contributed by atoms with van der Waals surface area (Å²) in [7, 11) is -3.40. The highest BCUT2D eigenvalue weighted by molar-refractivity contribution is 7.86. The van der Waals surface area contributed by atoms with E-state index in [0.29, 0.717) is 5.58 Å². The van der Waals surface area contributed by atoms with Crippen LogP contribution in [0.4, 0.5) is 0 Å². The zero-order chi connectivity index (χ0) is 15.2. The van der Waals surface area contributed by atoms with Gasteiger partial charge >= 0.3 is 0 Å². The molecule has 108 valence electrons. The van der Waals surface area contributed by atoms with Crippen molar-refractivity contribution in [2.24, 2.45) is 0 Å². The minimum absolute atomic E-state index is 0.0622. The Kier molecular flexibility index (Phi) is 2.96. The summed E-state index contributed by atoms with van der Waals surface area (Å²) in [5, 5.41) is -0.00120. The lowest BCUT2D eigenvalue weighted by Crippen LogP contribution is -2.10. The van der Waals surface area contributed by atoms with Crippen molar-refractivity contribution < 1.29 is 22.1 Å². The molecule has 0 aliphatic rings. The Morgan fingerprint density at radius 1 is 1.10 bits per heavy atom. The molecule has 0 atom stereocenters. The van der Waals surface area contributed by atoms with E-state index in [1.54, 1.807) is 18.2 Å². The summed E-state index contributed by atoms with van der Waals surface area (Å²) in [6.07, 6.45) is 0.